The molecule has 4 nitrogen and oxygen atoms in total. The van der Waals surface area contributed by atoms with Crippen LogP contribution in [0.1, 0.15) is 10.5 Å². The van der Waals surface area contributed by atoms with Gasteiger partial charge in [0.25, 0.3) is 0 Å². The smallest absolute Gasteiger partial charge is 0.355 e. The maximum Gasteiger partial charge on any atom is 0.355 e. The first-order valence-electron chi connectivity index (χ1n) is 4.64. The van der Waals surface area contributed by atoms with Crippen LogP contribution in [0.5, 0.6) is 5.75 Å². The Morgan fingerprint density at radius 2 is 2.29 bits per heavy atom. The molecule has 2 rings (SSSR count). The van der Waals surface area contributed by atoms with Gasteiger partial charge in [-0.1, -0.05) is 11.6 Å². The lowest BCUT2D eigenvalue weighted by molar-refractivity contribution is 0.0691. The summed E-state index contributed by atoms with van der Waals surface area (Å²) in [5, 5.41) is 11.4. The summed E-state index contributed by atoms with van der Waals surface area (Å²) < 4.78 is 5.19. The third-order valence-electron chi connectivity index (χ3n) is 2.12. The molecule has 1 N–H and O–H groups in total. The second-order valence-corrected chi connectivity index (χ2v) is 4.48. The fourth-order valence-corrected chi connectivity index (χ4v) is 2.33. The molecule has 2 aromatic rings. The summed E-state index contributed by atoms with van der Waals surface area (Å²) in [6.45, 7) is 0. The minimum atomic E-state index is -1.05. The van der Waals surface area contributed by atoms with E-state index in [1.807, 2.05) is 0 Å². The number of carboxylic acids is 1. The molecule has 0 bridgehead atoms. The molecule has 0 unspecified atom stereocenters. The van der Waals surface area contributed by atoms with Crippen molar-refractivity contribution in [1.29, 1.82) is 0 Å². The summed E-state index contributed by atoms with van der Waals surface area (Å²) in [6.07, 6.45) is 0. The fourth-order valence-electron chi connectivity index (χ4n) is 1.34. The van der Waals surface area contributed by atoms with Gasteiger partial charge in [-0.05, 0) is 18.2 Å². The maximum atomic E-state index is 10.8. The van der Waals surface area contributed by atoms with Crippen LogP contribution in [0.25, 0.3) is 10.6 Å². The van der Waals surface area contributed by atoms with Crippen LogP contribution in [0.15, 0.2) is 23.6 Å². The number of hydrogen-bond acceptors (Lipinski definition) is 4. The van der Waals surface area contributed by atoms with Gasteiger partial charge in [-0.15, -0.1) is 11.3 Å². The van der Waals surface area contributed by atoms with Crippen LogP contribution in [0.4, 0.5) is 0 Å². The number of thiazole rings is 1. The Morgan fingerprint density at radius 3 is 2.88 bits per heavy atom. The lowest BCUT2D eigenvalue weighted by atomic mass is 10.2. The predicted molar refractivity (Wildman–Crippen MR) is 66.1 cm³/mol. The zero-order valence-electron chi connectivity index (χ0n) is 8.81. The van der Waals surface area contributed by atoms with Crippen molar-refractivity contribution < 1.29 is 14.6 Å². The van der Waals surface area contributed by atoms with Gasteiger partial charge in [0, 0.05) is 10.4 Å². The highest BCUT2D eigenvalue weighted by Crippen LogP contribution is 2.34. The molecular weight excluding hydrogens is 262 g/mol. The summed E-state index contributed by atoms with van der Waals surface area (Å²) in [4.78, 5) is 14.8. The average molecular weight is 270 g/mol. The zero-order chi connectivity index (χ0) is 12.4. The van der Waals surface area contributed by atoms with Crippen molar-refractivity contribution in [3.05, 3.63) is 34.3 Å². The van der Waals surface area contributed by atoms with Crippen LogP contribution < -0.4 is 4.74 Å². The van der Waals surface area contributed by atoms with Gasteiger partial charge in [-0.2, -0.15) is 0 Å². The van der Waals surface area contributed by atoms with Gasteiger partial charge in [-0.25, -0.2) is 9.78 Å². The average Bonchev–Trinajstić information content (AvgIpc) is 2.78. The molecule has 0 radical (unpaired) electrons. The first-order chi connectivity index (χ1) is 8.11. The molecule has 6 heteroatoms. The first kappa shape index (κ1) is 11.9. The molecule has 88 valence electrons. The molecule has 0 fully saturated rings. The quantitative estimate of drug-likeness (QED) is 0.930. The van der Waals surface area contributed by atoms with E-state index in [-0.39, 0.29) is 5.69 Å². The van der Waals surface area contributed by atoms with E-state index in [1.54, 1.807) is 25.3 Å². The van der Waals surface area contributed by atoms with Gasteiger partial charge in [0.2, 0.25) is 0 Å². The van der Waals surface area contributed by atoms with Gasteiger partial charge in [0.1, 0.15) is 10.8 Å². The molecule has 0 aliphatic carbocycles. The topological polar surface area (TPSA) is 59.4 Å². The molecular formula is C11H8ClNO3S. The largest absolute Gasteiger partial charge is 0.496 e. The van der Waals surface area contributed by atoms with Crippen molar-refractivity contribution in [2.45, 2.75) is 0 Å². The molecule has 17 heavy (non-hydrogen) atoms. The van der Waals surface area contributed by atoms with E-state index in [1.165, 1.54) is 16.7 Å². The first-order valence-corrected chi connectivity index (χ1v) is 5.90. The van der Waals surface area contributed by atoms with Gasteiger partial charge in [0.15, 0.2) is 5.69 Å². The minimum absolute atomic E-state index is 0.0204. The van der Waals surface area contributed by atoms with E-state index < -0.39 is 5.97 Å². The number of ether oxygens (including phenoxy) is 1. The van der Waals surface area contributed by atoms with Crippen LogP contribution in [0, 0.1) is 0 Å². The second kappa shape index (κ2) is 4.73. The number of methoxy groups -OCH3 is 1. The van der Waals surface area contributed by atoms with Crippen molar-refractivity contribution in [1.82, 2.24) is 4.98 Å². The lowest BCUT2D eigenvalue weighted by Crippen LogP contribution is -1.96. The van der Waals surface area contributed by atoms with E-state index in [0.717, 1.165) is 0 Å². The van der Waals surface area contributed by atoms with Crippen molar-refractivity contribution in [3.8, 4) is 16.3 Å². The van der Waals surface area contributed by atoms with Crippen molar-refractivity contribution >= 4 is 28.9 Å². The third-order valence-corrected chi connectivity index (χ3v) is 3.23. The van der Waals surface area contributed by atoms with Crippen molar-refractivity contribution in [2.75, 3.05) is 7.11 Å². The monoisotopic (exact) mass is 269 g/mol. The molecule has 1 aromatic heterocycles. The Labute approximate surface area is 106 Å². The second-order valence-electron chi connectivity index (χ2n) is 3.19. The Hall–Kier alpha value is -1.59. The van der Waals surface area contributed by atoms with Crippen molar-refractivity contribution in [3.63, 3.8) is 0 Å². The third kappa shape index (κ3) is 2.40. The number of aromatic carboxylic acids is 1. The van der Waals surface area contributed by atoms with Gasteiger partial charge < -0.3 is 9.84 Å². The highest BCUT2D eigenvalue weighted by Gasteiger charge is 2.13. The zero-order valence-corrected chi connectivity index (χ0v) is 10.4. The Bertz CT molecular complexity index is 568. The standard InChI is InChI=1S/C11H8ClNO3S/c1-16-9-3-2-6(12)4-7(9)10-13-8(5-17-10)11(14)15/h2-5H,1H3,(H,14,15). The minimum Gasteiger partial charge on any atom is -0.496 e. The maximum absolute atomic E-state index is 10.8. The number of carbonyl (C=O) groups is 1. The van der Waals surface area contributed by atoms with Crippen LogP contribution in [0.2, 0.25) is 5.02 Å². The van der Waals surface area contributed by atoms with E-state index in [2.05, 4.69) is 4.98 Å². The van der Waals surface area contributed by atoms with Crippen LogP contribution in [-0.2, 0) is 0 Å². The van der Waals surface area contributed by atoms with Gasteiger partial charge >= 0.3 is 5.97 Å². The van der Waals surface area contributed by atoms with E-state index >= 15 is 0 Å². The highest BCUT2D eigenvalue weighted by atomic mass is 35.5. The normalized spacial score (nSPS) is 10.2. The number of rotatable bonds is 3. The molecule has 0 spiro atoms. The SMILES string of the molecule is COc1ccc(Cl)cc1-c1nc(C(=O)O)cs1. The summed E-state index contributed by atoms with van der Waals surface area (Å²) >= 11 is 7.14. The molecule has 0 saturated carbocycles. The Balaban J connectivity index is 2.51. The highest BCUT2D eigenvalue weighted by molar-refractivity contribution is 7.13. The summed E-state index contributed by atoms with van der Waals surface area (Å²) in [6, 6.07) is 5.12. The van der Waals surface area contributed by atoms with Crippen LogP contribution in [0.3, 0.4) is 0 Å². The molecule has 0 aliphatic heterocycles. The van der Waals surface area contributed by atoms with E-state index in [9.17, 15) is 4.79 Å². The fraction of sp³-hybridized carbons (Fsp3) is 0.0909. The van der Waals surface area contributed by atoms with Gasteiger partial charge in [0.05, 0.1) is 12.7 Å². The molecule has 1 heterocycles. The summed E-state index contributed by atoms with van der Waals surface area (Å²) in [7, 11) is 1.54. The molecule has 0 aliphatic rings. The van der Waals surface area contributed by atoms with E-state index in [0.29, 0.717) is 21.3 Å². The molecule has 0 atom stereocenters. The molecule has 0 amide bonds. The van der Waals surface area contributed by atoms with Crippen molar-refractivity contribution in [2.24, 2.45) is 0 Å². The summed E-state index contributed by atoms with van der Waals surface area (Å²) in [5.74, 6) is -0.436. The Morgan fingerprint density at radius 1 is 1.53 bits per heavy atom. The number of nitrogens with zero attached hydrogens (tertiary/aromatic N) is 1. The molecule has 0 saturated heterocycles. The Kier molecular flexibility index (Phi) is 3.31. The number of aromatic nitrogens is 1. The van der Waals surface area contributed by atoms with Gasteiger partial charge in [-0.3, -0.25) is 0 Å². The number of hydrogen-bond donors (Lipinski definition) is 1. The predicted octanol–water partition coefficient (Wildman–Crippen LogP) is 3.17. The van der Waals surface area contributed by atoms with Crippen LogP contribution in [-0.4, -0.2) is 23.2 Å². The number of benzene rings is 1. The van der Waals surface area contributed by atoms with Crippen LogP contribution >= 0.6 is 22.9 Å². The number of carboxylic acid groups (broad SMARTS) is 1. The summed E-state index contributed by atoms with van der Waals surface area (Å²) in [5.41, 5.74) is 0.713. The number of halogens is 1. The van der Waals surface area contributed by atoms with E-state index in [4.69, 9.17) is 21.4 Å². The molecule has 1 aromatic carbocycles. The lowest BCUT2D eigenvalue weighted by Gasteiger charge is -2.05.